The Morgan fingerprint density at radius 1 is 1.09 bits per heavy atom. The molecule has 1 aromatic carbocycles. The van der Waals surface area contributed by atoms with Crippen molar-refractivity contribution in [3.63, 3.8) is 0 Å². The van der Waals surface area contributed by atoms with E-state index in [2.05, 4.69) is 6.92 Å². The second-order valence-electron chi connectivity index (χ2n) is 6.60. The highest BCUT2D eigenvalue weighted by molar-refractivity contribution is 5.94. The molecule has 122 valence electrons. The molecule has 0 aromatic heterocycles. The molecule has 0 saturated heterocycles. The molecule has 0 atom stereocenters. The van der Waals surface area contributed by atoms with Gasteiger partial charge in [0.05, 0.1) is 5.56 Å². The molecule has 0 heterocycles. The topological polar surface area (TPSA) is 17.1 Å². The summed E-state index contributed by atoms with van der Waals surface area (Å²) in [6, 6.07) is 3.04. The average molecular weight is 308 g/mol. The van der Waals surface area contributed by atoms with Crippen molar-refractivity contribution in [1.29, 1.82) is 0 Å². The maximum absolute atomic E-state index is 14.2. The van der Waals surface area contributed by atoms with Crippen LogP contribution in [0.4, 0.5) is 8.78 Å². The molecule has 1 aliphatic carbocycles. The van der Waals surface area contributed by atoms with Crippen molar-refractivity contribution in [1.82, 2.24) is 0 Å². The van der Waals surface area contributed by atoms with E-state index in [1.54, 1.807) is 6.07 Å². The average Bonchev–Trinajstić information content (AvgIpc) is 2.51. The first-order chi connectivity index (χ1) is 10.5. The SMILES string of the molecule is CCCCCC1CCC(c2ccc(C(C)=O)c(F)c2F)CC1. The number of carbonyl (C=O) groups is 1. The summed E-state index contributed by atoms with van der Waals surface area (Å²) in [5.74, 6) is -1.38. The predicted octanol–water partition coefficient (Wildman–Crippen LogP) is 6.02. The minimum Gasteiger partial charge on any atom is -0.294 e. The van der Waals surface area contributed by atoms with E-state index in [-0.39, 0.29) is 11.5 Å². The van der Waals surface area contributed by atoms with Crippen LogP contribution in [-0.2, 0) is 0 Å². The number of halogens is 2. The van der Waals surface area contributed by atoms with Crippen molar-refractivity contribution in [2.45, 2.75) is 71.1 Å². The number of carbonyl (C=O) groups excluding carboxylic acids is 1. The molecule has 0 aliphatic heterocycles. The Labute approximate surface area is 132 Å². The Hall–Kier alpha value is -1.25. The van der Waals surface area contributed by atoms with Crippen LogP contribution >= 0.6 is 0 Å². The summed E-state index contributed by atoms with van der Waals surface area (Å²) in [6.07, 6.45) is 9.12. The molecule has 1 aromatic rings. The molecule has 1 fully saturated rings. The Balaban J connectivity index is 2.00. The first-order valence-corrected chi connectivity index (χ1v) is 8.53. The molecule has 0 spiro atoms. The van der Waals surface area contributed by atoms with Crippen molar-refractivity contribution < 1.29 is 13.6 Å². The zero-order chi connectivity index (χ0) is 16.1. The lowest BCUT2D eigenvalue weighted by atomic mass is 9.76. The van der Waals surface area contributed by atoms with Gasteiger partial charge in [-0.05, 0) is 56.1 Å². The lowest BCUT2D eigenvalue weighted by Crippen LogP contribution is -2.15. The second-order valence-corrected chi connectivity index (χ2v) is 6.60. The van der Waals surface area contributed by atoms with Gasteiger partial charge in [0.2, 0.25) is 0 Å². The largest absolute Gasteiger partial charge is 0.294 e. The lowest BCUT2D eigenvalue weighted by Gasteiger charge is -2.29. The fourth-order valence-electron chi connectivity index (χ4n) is 3.60. The normalized spacial score (nSPS) is 21.8. The zero-order valence-electron chi connectivity index (χ0n) is 13.6. The van der Waals surface area contributed by atoms with Crippen molar-refractivity contribution in [2.24, 2.45) is 5.92 Å². The zero-order valence-corrected chi connectivity index (χ0v) is 13.6. The number of ketones is 1. The van der Waals surface area contributed by atoms with E-state index >= 15 is 0 Å². The van der Waals surface area contributed by atoms with Gasteiger partial charge >= 0.3 is 0 Å². The van der Waals surface area contributed by atoms with Gasteiger partial charge in [0.15, 0.2) is 17.4 Å². The van der Waals surface area contributed by atoms with Crippen LogP contribution in [0.1, 0.15) is 87.1 Å². The van der Waals surface area contributed by atoms with E-state index in [0.29, 0.717) is 5.56 Å². The van der Waals surface area contributed by atoms with E-state index in [1.165, 1.54) is 38.7 Å². The highest BCUT2D eigenvalue weighted by Crippen LogP contribution is 2.39. The van der Waals surface area contributed by atoms with Crippen LogP contribution in [-0.4, -0.2) is 5.78 Å². The fourth-order valence-corrected chi connectivity index (χ4v) is 3.60. The monoisotopic (exact) mass is 308 g/mol. The number of hydrogen-bond donors (Lipinski definition) is 0. The maximum atomic E-state index is 14.2. The van der Waals surface area contributed by atoms with Gasteiger partial charge in [-0.15, -0.1) is 0 Å². The predicted molar refractivity (Wildman–Crippen MR) is 85.2 cm³/mol. The molecule has 1 aliphatic rings. The molecular formula is C19H26F2O. The molecule has 0 radical (unpaired) electrons. The number of rotatable bonds is 6. The molecule has 0 bridgehead atoms. The quantitative estimate of drug-likeness (QED) is 0.464. The number of unbranched alkanes of at least 4 members (excludes halogenated alkanes) is 2. The number of benzene rings is 1. The molecule has 22 heavy (non-hydrogen) atoms. The molecule has 2 rings (SSSR count). The minimum atomic E-state index is -0.977. The van der Waals surface area contributed by atoms with Crippen LogP contribution in [0.5, 0.6) is 0 Å². The first-order valence-electron chi connectivity index (χ1n) is 8.53. The molecule has 0 amide bonds. The highest BCUT2D eigenvalue weighted by atomic mass is 19.2. The standard InChI is InChI=1S/C19H26F2O/c1-3-4-5-6-14-7-9-15(10-8-14)17-12-11-16(13(2)22)18(20)19(17)21/h11-12,14-15H,3-10H2,1-2H3. The fraction of sp³-hybridized carbons (Fsp3) is 0.632. The van der Waals surface area contributed by atoms with Crippen molar-refractivity contribution in [2.75, 3.05) is 0 Å². The molecular weight excluding hydrogens is 282 g/mol. The van der Waals surface area contributed by atoms with Crippen LogP contribution in [0.25, 0.3) is 0 Å². The Morgan fingerprint density at radius 2 is 1.77 bits per heavy atom. The van der Waals surface area contributed by atoms with E-state index in [0.717, 1.165) is 31.6 Å². The summed E-state index contributed by atoms with van der Waals surface area (Å²) in [4.78, 5) is 11.3. The number of hydrogen-bond acceptors (Lipinski definition) is 1. The van der Waals surface area contributed by atoms with Crippen molar-refractivity contribution >= 4 is 5.78 Å². The van der Waals surface area contributed by atoms with Crippen LogP contribution < -0.4 is 0 Å². The van der Waals surface area contributed by atoms with E-state index in [9.17, 15) is 13.6 Å². The van der Waals surface area contributed by atoms with Gasteiger partial charge in [-0.3, -0.25) is 4.79 Å². The molecule has 3 heteroatoms. The molecule has 0 unspecified atom stereocenters. The van der Waals surface area contributed by atoms with E-state index < -0.39 is 17.4 Å². The van der Waals surface area contributed by atoms with E-state index in [1.807, 2.05) is 0 Å². The van der Waals surface area contributed by atoms with Crippen LogP contribution in [0.15, 0.2) is 12.1 Å². The summed E-state index contributed by atoms with van der Waals surface area (Å²) in [5.41, 5.74) is 0.309. The first kappa shape index (κ1) is 17.1. The molecule has 1 saturated carbocycles. The van der Waals surface area contributed by atoms with Gasteiger partial charge < -0.3 is 0 Å². The Bertz CT molecular complexity index is 516. The van der Waals surface area contributed by atoms with Gasteiger partial charge in [0.25, 0.3) is 0 Å². The third-order valence-electron chi connectivity index (χ3n) is 4.99. The summed E-state index contributed by atoms with van der Waals surface area (Å²) >= 11 is 0. The van der Waals surface area contributed by atoms with Gasteiger partial charge in [-0.1, -0.05) is 38.7 Å². The van der Waals surface area contributed by atoms with Gasteiger partial charge in [0, 0.05) is 0 Å². The van der Waals surface area contributed by atoms with Crippen molar-refractivity contribution in [3.8, 4) is 0 Å². The Morgan fingerprint density at radius 3 is 2.36 bits per heavy atom. The van der Waals surface area contributed by atoms with Gasteiger partial charge in [-0.2, -0.15) is 0 Å². The number of Topliss-reactive ketones (excluding diaryl/α,β-unsaturated/α-hetero) is 1. The van der Waals surface area contributed by atoms with E-state index in [4.69, 9.17) is 0 Å². The van der Waals surface area contributed by atoms with Crippen LogP contribution in [0.2, 0.25) is 0 Å². The lowest BCUT2D eigenvalue weighted by molar-refractivity contribution is 0.101. The third-order valence-corrected chi connectivity index (χ3v) is 4.99. The summed E-state index contributed by atoms with van der Waals surface area (Å²) < 4.78 is 28.2. The highest BCUT2D eigenvalue weighted by Gasteiger charge is 2.26. The minimum absolute atomic E-state index is 0.0953. The Kier molecular flexibility index (Phi) is 6.10. The molecule has 1 nitrogen and oxygen atoms in total. The summed E-state index contributed by atoms with van der Waals surface area (Å²) in [7, 11) is 0. The maximum Gasteiger partial charge on any atom is 0.169 e. The summed E-state index contributed by atoms with van der Waals surface area (Å²) in [6.45, 7) is 3.47. The van der Waals surface area contributed by atoms with Crippen molar-refractivity contribution in [3.05, 3.63) is 34.9 Å². The second kappa shape index (κ2) is 7.85. The third kappa shape index (κ3) is 3.93. The smallest absolute Gasteiger partial charge is 0.169 e. The molecule has 0 N–H and O–H groups in total. The van der Waals surface area contributed by atoms with Crippen LogP contribution in [0, 0.1) is 17.6 Å². The summed E-state index contributed by atoms with van der Waals surface area (Å²) in [5, 5.41) is 0. The van der Waals surface area contributed by atoms with Gasteiger partial charge in [0.1, 0.15) is 0 Å². The van der Waals surface area contributed by atoms with Gasteiger partial charge in [-0.25, -0.2) is 8.78 Å². The van der Waals surface area contributed by atoms with Crippen LogP contribution in [0.3, 0.4) is 0 Å².